The number of rotatable bonds is 14. The first-order valence-corrected chi connectivity index (χ1v) is 15.2. The Labute approximate surface area is 254 Å². The van der Waals surface area contributed by atoms with Gasteiger partial charge in [-0.2, -0.15) is 0 Å². The maximum atomic E-state index is 11.7. The third-order valence-corrected chi connectivity index (χ3v) is 8.59. The molecule has 4 rings (SSSR count). The van der Waals surface area contributed by atoms with Gasteiger partial charge < -0.3 is 33.9 Å². The Morgan fingerprint density at radius 1 is 1.12 bits per heavy atom. The van der Waals surface area contributed by atoms with E-state index in [4.69, 9.17) is 30.5 Å². The molecule has 0 bridgehead atoms. The summed E-state index contributed by atoms with van der Waals surface area (Å²) in [6.07, 6.45) is 6.07. The normalized spacial score (nSPS) is 24.3. The second-order valence-corrected chi connectivity index (χ2v) is 12.2. The lowest BCUT2D eigenvalue weighted by Gasteiger charge is -2.40. The molecule has 2 aromatic heterocycles. The molecular formula is C31H45ClN4O6. The number of pyridine rings is 2. The summed E-state index contributed by atoms with van der Waals surface area (Å²) in [6.45, 7) is 9.95. The molecule has 232 valence electrons. The van der Waals surface area contributed by atoms with E-state index in [9.17, 15) is 9.90 Å². The summed E-state index contributed by atoms with van der Waals surface area (Å²) in [4.78, 5) is 25.0. The van der Waals surface area contributed by atoms with Crippen molar-refractivity contribution in [3.63, 3.8) is 0 Å². The summed E-state index contributed by atoms with van der Waals surface area (Å²) < 4.78 is 23.1. The molecule has 2 aromatic rings. The van der Waals surface area contributed by atoms with Crippen LogP contribution >= 0.6 is 11.6 Å². The van der Waals surface area contributed by atoms with Crippen LogP contribution in [0.5, 0.6) is 11.8 Å². The largest absolute Gasteiger partial charge is 0.481 e. The minimum absolute atomic E-state index is 0.0148. The molecule has 1 N–H and O–H groups in total. The zero-order valence-electron chi connectivity index (χ0n) is 25.4. The number of piperidine rings is 1. The molecule has 2 fully saturated rings. The van der Waals surface area contributed by atoms with E-state index < -0.39 is 5.97 Å². The van der Waals surface area contributed by atoms with Gasteiger partial charge in [0.1, 0.15) is 6.10 Å². The van der Waals surface area contributed by atoms with Crippen LogP contribution in [0.4, 0.5) is 11.4 Å². The second-order valence-electron chi connectivity index (χ2n) is 11.7. The minimum Gasteiger partial charge on any atom is -0.481 e. The molecular weight excluding hydrogens is 560 g/mol. The molecule has 4 heterocycles. The maximum Gasteiger partial charge on any atom is 0.305 e. The molecule has 0 aromatic carbocycles. The van der Waals surface area contributed by atoms with Crippen molar-refractivity contribution in [1.29, 1.82) is 0 Å². The predicted molar refractivity (Wildman–Crippen MR) is 163 cm³/mol. The van der Waals surface area contributed by atoms with Crippen molar-refractivity contribution in [2.45, 2.75) is 64.7 Å². The summed E-state index contributed by atoms with van der Waals surface area (Å²) in [5.74, 6) is 1.15. The molecule has 10 nitrogen and oxygen atoms in total. The van der Waals surface area contributed by atoms with Gasteiger partial charge in [-0.15, -0.1) is 0 Å². The summed E-state index contributed by atoms with van der Waals surface area (Å²) in [5, 5.41) is 10.2. The van der Waals surface area contributed by atoms with Crippen LogP contribution in [0.15, 0.2) is 30.6 Å². The topological polar surface area (TPSA) is 106 Å². The average molecular weight is 605 g/mol. The van der Waals surface area contributed by atoms with Crippen LogP contribution in [0.3, 0.4) is 0 Å². The van der Waals surface area contributed by atoms with Gasteiger partial charge in [0.25, 0.3) is 0 Å². The predicted octanol–water partition coefficient (Wildman–Crippen LogP) is 5.18. The van der Waals surface area contributed by atoms with Crippen molar-refractivity contribution in [3.05, 3.63) is 35.6 Å². The standard InChI is InChI=1S/C31H45ClN4O6/c1-20(2)13-22-18-35(26-14-30(40-5)34-17-24(26)32)10-9-27(22)42-29-8-7-23(16-33-29)36-19-28(41-12-6-11-39-4)21(3)25(36)15-31(37)38/h7-8,14,16-17,20-22,25,27-28H,6,9-13,15,18-19H2,1-5H3,(H,37,38). The van der Waals surface area contributed by atoms with E-state index in [1.165, 1.54) is 0 Å². The Bertz CT molecular complexity index is 1150. The van der Waals surface area contributed by atoms with Crippen LogP contribution in [0.2, 0.25) is 5.02 Å². The zero-order chi connectivity index (χ0) is 30.2. The van der Waals surface area contributed by atoms with Gasteiger partial charge in [-0.3, -0.25) is 4.79 Å². The van der Waals surface area contributed by atoms with Gasteiger partial charge in [0.05, 0.1) is 48.4 Å². The number of nitrogens with zero attached hydrogens (tertiary/aromatic N) is 4. The summed E-state index contributed by atoms with van der Waals surface area (Å²) in [5.41, 5.74) is 1.80. The van der Waals surface area contributed by atoms with Gasteiger partial charge in [-0.1, -0.05) is 32.4 Å². The first-order valence-electron chi connectivity index (χ1n) is 14.9. The number of methoxy groups -OCH3 is 2. The van der Waals surface area contributed by atoms with Gasteiger partial charge in [0.15, 0.2) is 0 Å². The van der Waals surface area contributed by atoms with Crippen molar-refractivity contribution >= 4 is 28.9 Å². The van der Waals surface area contributed by atoms with Crippen molar-refractivity contribution < 1.29 is 28.8 Å². The van der Waals surface area contributed by atoms with Crippen LogP contribution in [0, 0.1) is 17.8 Å². The van der Waals surface area contributed by atoms with Gasteiger partial charge in [0.2, 0.25) is 11.8 Å². The molecule has 2 aliphatic heterocycles. The molecule has 0 saturated carbocycles. The summed E-state index contributed by atoms with van der Waals surface area (Å²) in [7, 11) is 3.28. The number of carboxylic acid groups (broad SMARTS) is 1. The summed E-state index contributed by atoms with van der Waals surface area (Å²) in [6, 6.07) is 5.59. The molecule has 0 radical (unpaired) electrons. The first-order chi connectivity index (χ1) is 20.2. The van der Waals surface area contributed by atoms with E-state index in [1.807, 2.05) is 18.2 Å². The van der Waals surface area contributed by atoms with Crippen LogP contribution in [-0.4, -0.2) is 86.4 Å². The number of hydrogen-bond acceptors (Lipinski definition) is 9. The number of aromatic nitrogens is 2. The molecule has 0 aliphatic carbocycles. The number of aliphatic carboxylic acids is 1. The third-order valence-electron chi connectivity index (χ3n) is 8.30. The lowest BCUT2D eigenvalue weighted by Crippen LogP contribution is -2.46. The fourth-order valence-corrected chi connectivity index (χ4v) is 6.41. The quantitative estimate of drug-likeness (QED) is 0.290. The van der Waals surface area contributed by atoms with Crippen molar-refractivity contribution in [2.75, 3.05) is 56.9 Å². The minimum atomic E-state index is -0.821. The van der Waals surface area contributed by atoms with Crippen LogP contribution in [0.25, 0.3) is 0 Å². The van der Waals surface area contributed by atoms with Gasteiger partial charge >= 0.3 is 5.97 Å². The highest BCUT2D eigenvalue weighted by Crippen LogP contribution is 2.36. The lowest BCUT2D eigenvalue weighted by atomic mass is 9.87. The molecule has 0 spiro atoms. The fourth-order valence-electron chi connectivity index (χ4n) is 6.19. The van der Waals surface area contributed by atoms with Crippen LogP contribution in [-0.2, 0) is 14.3 Å². The van der Waals surface area contributed by atoms with Gasteiger partial charge in [-0.25, -0.2) is 9.97 Å². The molecule has 5 atom stereocenters. The highest BCUT2D eigenvalue weighted by Gasteiger charge is 2.41. The van der Waals surface area contributed by atoms with E-state index in [1.54, 1.807) is 26.6 Å². The number of anilines is 2. The van der Waals surface area contributed by atoms with E-state index in [2.05, 4.69) is 40.5 Å². The Hall–Kier alpha value is -2.82. The zero-order valence-corrected chi connectivity index (χ0v) is 26.1. The molecule has 2 saturated heterocycles. The molecule has 0 amide bonds. The third kappa shape index (κ3) is 8.17. The number of carbonyl (C=O) groups is 1. The van der Waals surface area contributed by atoms with E-state index in [-0.39, 0.29) is 36.5 Å². The Kier molecular flexibility index (Phi) is 11.5. The van der Waals surface area contributed by atoms with Crippen molar-refractivity contribution in [3.8, 4) is 11.8 Å². The smallest absolute Gasteiger partial charge is 0.305 e. The summed E-state index contributed by atoms with van der Waals surface area (Å²) >= 11 is 6.52. The lowest BCUT2D eigenvalue weighted by molar-refractivity contribution is -0.137. The Morgan fingerprint density at radius 2 is 1.90 bits per heavy atom. The molecule has 11 heteroatoms. The number of ether oxygens (including phenoxy) is 4. The van der Waals surface area contributed by atoms with Gasteiger partial charge in [0, 0.05) is 76.4 Å². The Balaban J connectivity index is 1.44. The van der Waals surface area contributed by atoms with E-state index >= 15 is 0 Å². The molecule has 5 unspecified atom stereocenters. The number of halogens is 1. The first kappa shape index (κ1) is 32.1. The fraction of sp³-hybridized carbons (Fsp3) is 0.645. The highest BCUT2D eigenvalue weighted by atomic mass is 35.5. The monoisotopic (exact) mass is 604 g/mol. The second kappa shape index (κ2) is 15.1. The van der Waals surface area contributed by atoms with Crippen molar-refractivity contribution in [1.82, 2.24) is 9.97 Å². The van der Waals surface area contributed by atoms with E-state index in [0.29, 0.717) is 42.5 Å². The van der Waals surface area contributed by atoms with Gasteiger partial charge in [-0.05, 0) is 24.8 Å². The highest BCUT2D eigenvalue weighted by molar-refractivity contribution is 6.33. The maximum absolute atomic E-state index is 11.7. The van der Waals surface area contributed by atoms with E-state index in [0.717, 1.165) is 43.7 Å². The SMILES string of the molecule is COCCCOC1CN(c2ccc(OC3CCN(c4cc(OC)ncc4Cl)CC3CC(C)C)nc2)C(CC(=O)O)C1C. The van der Waals surface area contributed by atoms with Crippen molar-refractivity contribution in [2.24, 2.45) is 17.8 Å². The average Bonchev–Trinajstić information content (AvgIpc) is 3.26. The van der Waals surface area contributed by atoms with Crippen LogP contribution < -0.4 is 19.3 Å². The Morgan fingerprint density at radius 3 is 2.57 bits per heavy atom. The molecule has 2 aliphatic rings. The van der Waals surface area contributed by atoms with Crippen LogP contribution in [0.1, 0.15) is 46.5 Å². The number of hydrogen-bond donors (Lipinski definition) is 1. The molecule has 42 heavy (non-hydrogen) atoms. The number of carboxylic acids is 1.